The van der Waals surface area contributed by atoms with Crippen LogP contribution in [-0.2, 0) is 16.1 Å². The predicted octanol–water partition coefficient (Wildman–Crippen LogP) is 2.45. The first kappa shape index (κ1) is 16.2. The van der Waals surface area contributed by atoms with Crippen LogP contribution in [0.15, 0.2) is 42.6 Å². The molecule has 1 atom stereocenters. The van der Waals surface area contributed by atoms with Crippen molar-refractivity contribution >= 4 is 17.6 Å². The van der Waals surface area contributed by atoms with Crippen LogP contribution in [-0.4, -0.2) is 33.0 Å². The van der Waals surface area contributed by atoms with Crippen molar-refractivity contribution in [2.45, 2.75) is 32.9 Å². The monoisotopic (exact) mass is 326 g/mol. The number of hydrogen-bond donors (Lipinski definition) is 1. The minimum atomic E-state index is -0.322. The molecule has 1 saturated heterocycles. The van der Waals surface area contributed by atoms with Crippen LogP contribution in [0.5, 0.6) is 0 Å². The number of carbonyl (C=O) groups excluding carboxylic acids is 2. The second kappa shape index (κ2) is 6.86. The van der Waals surface area contributed by atoms with E-state index in [1.165, 1.54) is 0 Å². The Labute approximate surface area is 141 Å². The van der Waals surface area contributed by atoms with Gasteiger partial charge in [-0.2, -0.15) is 5.10 Å². The molecule has 2 amide bonds. The van der Waals surface area contributed by atoms with E-state index >= 15 is 0 Å². The Kier molecular flexibility index (Phi) is 4.64. The van der Waals surface area contributed by atoms with Crippen LogP contribution in [0.2, 0.25) is 0 Å². The fourth-order valence-corrected chi connectivity index (χ4v) is 2.96. The molecule has 1 aromatic heterocycles. The molecule has 0 unspecified atom stereocenters. The standard InChI is InChI=1S/C18H22N4O2/c1-13(2)22-16(8-9-19-22)20-18(24)15-10-17(23)21(12-15)11-14-6-4-3-5-7-14/h3-9,13,15H,10-12H2,1-2H3,(H,20,24)/t15-/m0/s1. The molecular formula is C18H22N4O2. The van der Waals surface area contributed by atoms with E-state index in [0.717, 1.165) is 5.56 Å². The van der Waals surface area contributed by atoms with Gasteiger partial charge < -0.3 is 10.2 Å². The summed E-state index contributed by atoms with van der Waals surface area (Å²) in [6.45, 7) is 5.01. The molecule has 6 nitrogen and oxygen atoms in total. The Bertz CT molecular complexity index is 724. The van der Waals surface area contributed by atoms with Crippen molar-refractivity contribution in [1.82, 2.24) is 14.7 Å². The second-order valence-electron chi connectivity index (χ2n) is 6.40. The number of hydrogen-bond acceptors (Lipinski definition) is 3. The fraction of sp³-hybridized carbons (Fsp3) is 0.389. The summed E-state index contributed by atoms with van der Waals surface area (Å²) in [6, 6.07) is 11.8. The average Bonchev–Trinajstić information content (AvgIpc) is 3.16. The maximum Gasteiger partial charge on any atom is 0.230 e. The largest absolute Gasteiger partial charge is 0.338 e. The normalized spacial score (nSPS) is 17.5. The number of amides is 2. The van der Waals surface area contributed by atoms with Crippen LogP contribution in [0.1, 0.15) is 31.9 Å². The van der Waals surface area contributed by atoms with Gasteiger partial charge in [-0.1, -0.05) is 30.3 Å². The quantitative estimate of drug-likeness (QED) is 0.918. The average molecular weight is 326 g/mol. The van der Waals surface area contributed by atoms with Crippen molar-refractivity contribution in [2.24, 2.45) is 5.92 Å². The summed E-state index contributed by atoms with van der Waals surface area (Å²) in [5, 5.41) is 7.11. The summed E-state index contributed by atoms with van der Waals surface area (Å²) in [4.78, 5) is 26.4. The number of rotatable bonds is 5. The van der Waals surface area contributed by atoms with E-state index in [0.29, 0.717) is 18.9 Å². The van der Waals surface area contributed by atoms with Crippen molar-refractivity contribution in [3.8, 4) is 0 Å². The van der Waals surface area contributed by atoms with Gasteiger partial charge >= 0.3 is 0 Å². The maximum absolute atomic E-state index is 12.5. The Morgan fingerprint density at radius 2 is 2.04 bits per heavy atom. The van der Waals surface area contributed by atoms with Crippen LogP contribution in [0, 0.1) is 5.92 Å². The third-order valence-corrected chi connectivity index (χ3v) is 4.21. The van der Waals surface area contributed by atoms with Gasteiger partial charge in [-0.05, 0) is 19.4 Å². The molecule has 0 radical (unpaired) electrons. The van der Waals surface area contributed by atoms with E-state index in [9.17, 15) is 9.59 Å². The van der Waals surface area contributed by atoms with E-state index in [4.69, 9.17) is 0 Å². The lowest BCUT2D eigenvalue weighted by molar-refractivity contribution is -0.128. The van der Waals surface area contributed by atoms with Gasteiger partial charge in [0.15, 0.2) is 0 Å². The first-order chi connectivity index (χ1) is 11.5. The first-order valence-electron chi connectivity index (χ1n) is 8.20. The molecule has 2 aromatic rings. The van der Waals surface area contributed by atoms with E-state index in [1.54, 1.807) is 21.8 Å². The summed E-state index contributed by atoms with van der Waals surface area (Å²) < 4.78 is 1.76. The highest BCUT2D eigenvalue weighted by Gasteiger charge is 2.34. The Hall–Kier alpha value is -2.63. The van der Waals surface area contributed by atoms with E-state index in [2.05, 4.69) is 10.4 Å². The summed E-state index contributed by atoms with van der Waals surface area (Å²) in [5.74, 6) is 0.248. The molecule has 1 fully saturated rings. The van der Waals surface area contributed by atoms with Crippen LogP contribution in [0.3, 0.4) is 0 Å². The van der Waals surface area contributed by atoms with Gasteiger partial charge in [0.25, 0.3) is 0 Å². The predicted molar refractivity (Wildman–Crippen MR) is 91.2 cm³/mol. The lowest BCUT2D eigenvalue weighted by atomic mass is 10.1. The highest BCUT2D eigenvalue weighted by molar-refractivity contribution is 5.96. The van der Waals surface area contributed by atoms with Gasteiger partial charge in [0, 0.05) is 31.6 Å². The van der Waals surface area contributed by atoms with Crippen molar-refractivity contribution in [3.63, 3.8) is 0 Å². The lowest BCUT2D eigenvalue weighted by Gasteiger charge is -2.17. The lowest BCUT2D eigenvalue weighted by Crippen LogP contribution is -2.28. The second-order valence-corrected chi connectivity index (χ2v) is 6.40. The maximum atomic E-state index is 12.5. The smallest absolute Gasteiger partial charge is 0.230 e. The zero-order valence-electron chi connectivity index (χ0n) is 14.0. The molecule has 0 spiro atoms. The molecule has 126 valence electrons. The highest BCUT2D eigenvalue weighted by atomic mass is 16.2. The number of aromatic nitrogens is 2. The van der Waals surface area contributed by atoms with Gasteiger partial charge in [-0.3, -0.25) is 9.59 Å². The molecule has 1 aliphatic heterocycles. The molecule has 1 aliphatic rings. The van der Waals surface area contributed by atoms with Crippen molar-refractivity contribution in [3.05, 3.63) is 48.2 Å². The molecule has 3 rings (SSSR count). The Morgan fingerprint density at radius 3 is 2.75 bits per heavy atom. The zero-order chi connectivity index (χ0) is 17.1. The van der Waals surface area contributed by atoms with Crippen LogP contribution in [0.4, 0.5) is 5.82 Å². The highest BCUT2D eigenvalue weighted by Crippen LogP contribution is 2.22. The molecule has 24 heavy (non-hydrogen) atoms. The van der Waals surface area contributed by atoms with Gasteiger partial charge in [-0.15, -0.1) is 0 Å². The Balaban J connectivity index is 1.62. The number of benzene rings is 1. The van der Waals surface area contributed by atoms with Gasteiger partial charge in [0.2, 0.25) is 11.8 Å². The topological polar surface area (TPSA) is 67.2 Å². The molecular weight excluding hydrogens is 304 g/mol. The molecule has 0 bridgehead atoms. The molecule has 6 heteroatoms. The van der Waals surface area contributed by atoms with Crippen molar-refractivity contribution < 1.29 is 9.59 Å². The number of nitrogens with one attached hydrogen (secondary N) is 1. The minimum Gasteiger partial charge on any atom is -0.338 e. The number of nitrogens with zero attached hydrogens (tertiary/aromatic N) is 3. The summed E-state index contributed by atoms with van der Waals surface area (Å²) in [5.41, 5.74) is 1.07. The van der Waals surface area contributed by atoms with E-state index in [1.807, 2.05) is 44.2 Å². The fourth-order valence-electron chi connectivity index (χ4n) is 2.96. The molecule has 2 heterocycles. The molecule has 1 aromatic carbocycles. The summed E-state index contributed by atoms with van der Waals surface area (Å²) >= 11 is 0. The van der Waals surface area contributed by atoms with E-state index in [-0.39, 0.29) is 30.2 Å². The number of likely N-dealkylation sites (tertiary alicyclic amines) is 1. The third kappa shape index (κ3) is 3.48. The summed E-state index contributed by atoms with van der Waals surface area (Å²) in [6.07, 6.45) is 1.92. The van der Waals surface area contributed by atoms with Crippen LogP contribution in [0.25, 0.3) is 0 Å². The molecule has 0 aliphatic carbocycles. The molecule has 0 saturated carbocycles. The molecule has 1 N–H and O–H groups in total. The summed E-state index contributed by atoms with van der Waals surface area (Å²) in [7, 11) is 0. The SMILES string of the molecule is CC(C)n1nccc1NC(=O)[C@H]1CC(=O)N(Cc2ccccc2)C1. The van der Waals surface area contributed by atoms with Crippen LogP contribution < -0.4 is 5.32 Å². The number of carbonyl (C=O) groups is 2. The van der Waals surface area contributed by atoms with E-state index < -0.39 is 0 Å². The number of anilines is 1. The van der Waals surface area contributed by atoms with Gasteiger partial charge in [0.1, 0.15) is 5.82 Å². The zero-order valence-corrected chi connectivity index (χ0v) is 14.0. The first-order valence-corrected chi connectivity index (χ1v) is 8.20. The van der Waals surface area contributed by atoms with Crippen LogP contribution >= 0.6 is 0 Å². The van der Waals surface area contributed by atoms with Crippen molar-refractivity contribution in [2.75, 3.05) is 11.9 Å². The third-order valence-electron chi connectivity index (χ3n) is 4.21. The van der Waals surface area contributed by atoms with Gasteiger partial charge in [0.05, 0.1) is 12.1 Å². The Morgan fingerprint density at radius 1 is 1.29 bits per heavy atom. The minimum absolute atomic E-state index is 0.0244. The van der Waals surface area contributed by atoms with Crippen molar-refractivity contribution in [1.29, 1.82) is 0 Å². The van der Waals surface area contributed by atoms with Gasteiger partial charge in [-0.25, -0.2) is 4.68 Å².